The lowest BCUT2D eigenvalue weighted by Crippen LogP contribution is -2.40. The highest BCUT2D eigenvalue weighted by Gasteiger charge is 2.24. The Morgan fingerprint density at radius 3 is 2.36 bits per heavy atom. The van der Waals surface area contributed by atoms with Crippen LogP contribution in [-0.4, -0.2) is 23.7 Å². The molecular formula is C19H29NO2. The summed E-state index contributed by atoms with van der Waals surface area (Å²) in [6.45, 7) is 4.98. The SMILES string of the molecule is CC(C)C[C@@H](NCC1CCC(c2ccccc2)CC1)C(=O)O. The van der Waals surface area contributed by atoms with Gasteiger partial charge >= 0.3 is 5.97 Å². The Hall–Kier alpha value is -1.35. The van der Waals surface area contributed by atoms with Crippen LogP contribution in [0.3, 0.4) is 0 Å². The van der Waals surface area contributed by atoms with Crippen LogP contribution in [0.5, 0.6) is 0 Å². The minimum atomic E-state index is -0.716. The zero-order valence-corrected chi connectivity index (χ0v) is 13.8. The molecule has 3 nitrogen and oxygen atoms in total. The summed E-state index contributed by atoms with van der Waals surface area (Å²) in [4.78, 5) is 11.3. The molecule has 22 heavy (non-hydrogen) atoms. The van der Waals surface area contributed by atoms with E-state index in [1.54, 1.807) is 0 Å². The second-order valence-electron chi connectivity index (χ2n) is 7.06. The van der Waals surface area contributed by atoms with Crippen molar-refractivity contribution < 1.29 is 9.90 Å². The van der Waals surface area contributed by atoms with E-state index in [1.807, 2.05) is 0 Å². The van der Waals surface area contributed by atoms with Crippen molar-refractivity contribution >= 4 is 5.97 Å². The van der Waals surface area contributed by atoms with E-state index in [4.69, 9.17) is 0 Å². The van der Waals surface area contributed by atoms with E-state index in [9.17, 15) is 9.90 Å². The average molecular weight is 303 g/mol. The molecule has 0 aromatic heterocycles. The molecule has 0 saturated heterocycles. The number of benzene rings is 1. The maximum atomic E-state index is 11.3. The molecule has 3 heteroatoms. The van der Waals surface area contributed by atoms with E-state index in [1.165, 1.54) is 31.2 Å². The Morgan fingerprint density at radius 1 is 1.18 bits per heavy atom. The third-order valence-electron chi connectivity index (χ3n) is 4.78. The van der Waals surface area contributed by atoms with Crippen LogP contribution >= 0.6 is 0 Å². The van der Waals surface area contributed by atoms with Crippen molar-refractivity contribution in [3.63, 3.8) is 0 Å². The molecule has 0 amide bonds. The minimum absolute atomic E-state index is 0.396. The van der Waals surface area contributed by atoms with Crippen molar-refractivity contribution in [1.82, 2.24) is 5.32 Å². The van der Waals surface area contributed by atoms with Crippen LogP contribution < -0.4 is 5.32 Å². The Morgan fingerprint density at radius 2 is 1.82 bits per heavy atom. The molecule has 122 valence electrons. The van der Waals surface area contributed by atoms with Crippen molar-refractivity contribution in [3.8, 4) is 0 Å². The van der Waals surface area contributed by atoms with Crippen LogP contribution in [-0.2, 0) is 4.79 Å². The second-order valence-corrected chi connectivity index (χ2v) is 7.06. The summed E-state index contributed by atoms with van der Waals surface area (Å²) < 4.78 is 0. The predicted molar refractivity (Wildman–Crippen MR) is 90.0 cm³/mol. The topological polar surface area (TPSA) is 49.3 Å². The number of hydrogen-bond acceptors (Lipinski definition) is 2. The third kappa shape index (κ3) is 5.13. The Labute approximate surface area is 134 Å². The molecule has 0 heterocycles. The first kappa shape index (κ1) is 17.0. The molecule has 0 aliphatic heterocycles. The first-order valence-corrected chi connectivity index (χ1v) is 8.57. The lowest BCUT2D eigenvalue weighted by molar-refractivity contribution is -0.140. The molecule has 1 aliphatic rings. The van der Waals surface area contributed by atoms with Gasteiger partial charge in [0, 0.05) is 0 Å². The summed E-state index contributed by atoms with van der Waals surface area (Å²) in [6, 6.07) is 10.4. The molecule has 1 aliphatic carbocycles. The van der Waals surface area contributed by atoms with E-state index in [2.05, 4.69) is 49.5 Å². The lowest BCUT2D eigenvalue weighted by Gasteiger charge is -2.30. The summed E-state index contributed by atoms with van der Waals surface area (Å²) in [5.41, 5.74) is 1.46. The number of hydrogen-bond donors (Lipinski definition) is 2. The smallest absolute Gasteiger partial charge is 0.320 e. The molecule has 1 aromatic rings. The summed E-state index contributed by atoms with van der Waals surface area (Å²) in [5.74, 6) is 0.992. The molecule has 0 bridgehead atoms. The van der Waals surface area contributed by atoms with E-state index in [0.717, 1.165) is 6.54 Å². The van der Waals surface area contributed by atoms with E-state index >= 15 is 0 Å². The van der Waals surface area contributed by atoms with Gasteiger partial charge in [-0.05, 0) is 62.0 Å². The number of carbonyl (C=O) groups is 1. The molecule has 0 spiro atoms. The number of aliphatic carboxylic acids is 1. The van der Waals surface area contributed by atoms with Gasteiger partial charge in [-0.25, -0.2) is 0 Å². The van der Waals surface area contributed by atoms with Gasteiger partial charge in [-0.1, -0.05) is 44.2 Å². The highest BCUT2D eigenvalue weighted by Crippen LogP contribution is 2.35. The summed E-state index contributed by atoms with van der Waals surface area (Å²) >= 11 is 0. The Bertz CT molecular complexity index is 450. The van der Waals surface area contributed by atoms with Crippen LogP contribution in [0.2, 0.25) is 0 Å². The monoisotopic (exact) mass is 303 g/mol. The van der Waals surface area contributed by atoms with Crippen molar-refractivity contribution in [3.05, 3.63) is 35.9 Å². The quantitative estimate of drug-likeness (QED) is 0.799. The maximum Gasteiger partial charge on any atom is 0.320 e. The fraction of sp³-hybridized carbons (Fsp3) is 0.632. The summed E-state index contributed by atoms with van der Waals surface area (Å²) in [6.07, 6.45) is 5.53. The van der Waals surface area contributed by atoms with Gasteiger partial charge in [0.15, 0.2) is 0 Å². The highest BCUT2D eigenvalue weighted by molar-refractivity contribution is 5.73. The van der Waals surface area contributed by atoms with Crippen LogP contribution in [0.1, 0.15) is 57.4 Å². The minimum Gasteiger partial charge on any atom is -0.480 e. The maximum absolute atomic E-state index is 11.3. The predicted octanol–water partition coefficient (Wildman–Crippen LogP) is 4.05. The second kappa shape index (κ2) is 8.33. The lowest BCUT2D eigenvalue weighted by atomic mass is 9.78. The third-order valence-corrected chi connectivity index (χ3v) is 4.78. The van der Waals surface area contributed by atoms with Crippen LogP contribution in [0.4, 0.5) is 0 Å². The zero-order valence-electron chi connectivity index (χ0n) is 13.8. The molecule has 1 aromatic carbocycles. The largest absolute Gasteiger partial charge is 0.480 e. The fourth-order valence-corrected chi connectivity index (χ4v) is 3.48. The van der Waals surface area contributed by atoms with Crippen molar-refractivity contribution in [2.24, 2.45) is 11.8 Å². The van der Waals surface area contributed by atoms with Gasteiger partial charge in [-0.3, -0.25) is 4.79 Å². The molecule has 1 fully saturated rings. The van der Waals surface area contributed by atoms with Gasteiger partial charge in [0.05, 0.1) is 0 Å². The normalized spacial score (nSPS) is 23.4. The Kier molecular flexibility index (Phi) is 6.44. The van der Waals surface area contributed by atoms with Gasteiger partial charge in [0.25, 0.3) is 0 Å². The number of rotatable bonds is 7. The van der Waals surface area contributed by atoms with Gasteiger partial charge in [-0.15, -0.1) is 0 Å². The fourth-order valence-electron chi connectivity index (χ4n) is 3.48. The summed E-state index contributed by atoms with van der Waals surface area (Å²) in [5, 5.41) is 12.6. The van der Waals surface area contributed by atoms with Crippen LogP contribution in [0.15, 0.2) is 30.3 Å². The molecular weight excluding hydrogens is 274 g/mol. The van der Waals surface area contributed by atoms with E-state index < -0.39 is 12.0 Å². The van der Waals surface area contributed by atoms with Crippen molar-refractivity contribution in [2.75, 3.05) is 6.54 Å². The standard InChI is InChI=1S/C19H29NO2/c1-14(2)12-18(19(21)22)20-13-15-8-10-17(11-9-15)16-6-4-3-5-7-16/h3-7,14-15,17-18,20H,8-13H2,1-2H3,(H,21,22)/t15?,17?,18-/m1/s1. The zero-order chi connectivity index (χ0) is 15.9. The first-order valence-electron chi connectivity index (χ1n) is 8.57. The van der Waals surface area contributed by atoms with Crippen molar-refractivity contribution in [1.29, 1.82) is 0 Å². The molecule has 0 radical (unpaired) electrons. The van der Waals surface area contributed by atoms with Gasteiger partial charge in [0.1, 0.15) is 6.04 Å². The van der Waals surface area contributed by atoms with Gasteiger partial charge in [0.2, 0.25) is 0 Å². The Balaban J connectivity index is 1.76. The van der Waals surface area contributed by atoms with E-state index in [0.29, 0.717) is 24.2 Å². The molecule has 2 N–H and O–H groups in total. The van der Waals surface area contributed by atoms with Gasteiger partial charge < -0.3 is 10.4 Å². The molecule has 2 rings (SSSR count). The highest BCUT2D eigenvalue weighted by atomic mass is 16.4. The van der Waals surface area contributed by atoms with Crippen LogP contribution in [0, 0.1) is 11.8 Å². The number of nitrogens with one attached hydrogen (secondary N) is 1. The number of carboxylic acids is 1. The van der Waals surface area contributed by atoms with Crippen molar-refractivity contribution in [2.45, 2.75) is 57.9 Å². The van der Waals surface area contributed by atoms with Crippen LogP contribution in [0.25, 0.3) is 0 Å². The number of carboxylic acid groups (broad SMARTS) is 1. The average Bonchev–Trinajstić information content (AvgIpc) is 2.52. The molecule has 0 unspecified atom stereocenters. The van der Waals surface area contributed by atoms with E-state index in [-0.39, 0.29) is 0 Å². The summed E-state index contributed by atoms with van der Waals surface area (Å²) in [7, 11) is 0. The van der Waals surface area contributed by atoms with Gasteiger partial charge in [-0.2, -0.15) is 0 Å². The first-order chi connectivity index (χ1) is 10.6. The molecule has 1 saturated carbocycles. The molecule has 1 atom stereocenters.